The van der Waals surface area contributed by atoms with Crippen molar-refractivity contribution in [2.45, 2.75) is 30.3 Å². The van der Waals surface area contributed by atoms with Gasteiger partial charge >= 0.3 is 0 Å². The summed E-state index contributed by atoms with van der Waals surface area (Å²) in [6.07, 6.45) is 6.19. The summed E-state index contributed by atoms with van der Waals surface area (Å²) in [7, 11) is -1.49. The number of nitriles is 1. The Morgan fingerprint density at radius 3 is 2.63 bits per heavy atom. The van der Waals surface area contributed by atoms with E-state index in [1.807, 2.05) is 64.6 Å². The first-order chi connectivity index (χ1) is 18.7. The number of nitrogens with zero attached hydrogens (tertiary/aromatic N) is 3. The molecule has 4 aromatic rings. The molecule has 2 aromatic carbocycles. The van der Waals surface area contributed by atoms with E-state index >= 15 is 0 Å². The van der Waals surface area contributed by atoms with Crippen LogP contribution in [0.2, 0.25) is 0 Å². The van der Waals surface area contributed by atoms with Crippen LogP contribution >= 0.6 is 0 Å². The van der Waals surface area contributed by atoms with Gasteiger partial charge in [0.2, 0.25) is 0 Å². The van der Waals surface area contributed by atoms with Gasteiger partial charge in [-0.2, -0.15) is 5.26 Å². The van der Waals surface area contributed by atoms with E-state index in [0.717, 1.165) is 47.0 Å². The monoisotopic (exact) mass is 525 g/mol. The van der Waals surface area contributed by atoms with Gasteiger partial charge in [0.1, 0.15) is 17.9 Å². The normalized spacial score (nSPS) is 17.1. The van der Waals surface area contributed by atoms with E-state index in [9.17, 15) is 9.47 Å². The number of benzene rings is 2. The highest BCUT2D eigenvalue weighted by atomic mass is 32.2. The Morgan fingerprint density at radius 1 is 1.03 bits per heavy atom. The summed E-state index contributed by atoms with van der Waals surface area (Å²) in [5, 5.41) is 10.8. The average Bonchev–Trinajstić information content (AvgIpc) is 3.38. The first-order valence-corrected chi connectivity index (χ1v) is 13.9. The number of ether oxygens (including phenoxy) is 3. The number of pyridine rings is 1. The van der Waals surface area contributed by atoms with Gasteiger partial charge in [0.05, 0.1) is 42.6 Å². The topological polar surface area (TPSA) is 86.4 Å². The summed E-state index contributed by atoms with van der Waals surface area (Å²) < 4.78 is 32.8. The number of aromatic nitrogens is 2. The molecular weight excluding hydrogens is 498 g/mol. The Morgan fingerprint density at radius 2 is 1.87 bits per heavy atom. The summed E-state index contributed by atoms with van der Waals surface area (Å²) in [6, 6.07) is 21.4. The maximum absolute atomic E-state index is 13.9. The highest BCUT2D eigenvalue weighted by molar-refractivity contribution is 7.83. The summed E-state index contributed by atoms with van der Waals surface area (Å²) in [5.41, 5.74) is 4.87. The minimum absolute atomic E-state index is 0.0478. The van der Waals surface area contributed by atoms with Gasteiger partial charge in [-0.1, -0.05) is 30.3 Å². The summed E-state index contributed by atoms with van der Waals surface area (Å²) in [5.74, 6) is 0.587. The lowest BCUT2D eigenvalue weighted by Gasteiger charge is -2.23. The van der Waals surface area contributed by atoms with Crippen LogP contribution < -0.4 is 4.74 Å². The van der Waals surface area contributed by atoms with Crippen LogP contribution in [0.15, 0.2) is 77.8 Å². The van der Waals surface area contributed by atoms with Crippen LogP contribution in [0.5, 0.6) is 5.75 Å². The molecule has 2 aliphatic rings. The van der Waals surface area contributed by atoms with E-state index in [0.29, 0.717) is 48.3 Å². The van der Waals surface area contributed by atoms with Crippen LogP contribution in [0.3, 0.4) is 0 Å². The molecule has 4 heterocycles. The summed E-state index contributed by atoms with van der Waals surface area (Å²) in [4.78, 5) is 5.38. The van der Waals surface area contributed by atoms with Gasteiger partial charge in [-0.25, -0.2) is 13.2 Å². The molecule has 7 nitrogen and oxygen atoms in total. The van der Waals surface area contributed by atoms with Crippen LogP contribution in [0.4, 0.5) is 0 Å². The first-order valence-electron chi connectivity index (χ1n) is 12.8. The van der Waals surface area contributed by atoms with Gasteiger partial charge in [-0.05, 0) is 59.5 Å². The third-order valence-electron chi connectivity index (χ3n) is 6.94. The van der Waals surface area contributed by atoms with Gasteiger partial charge in [0.25, 0.3) is 0 Å². The predicted octanol–water partition coefficient (Wildman–Crippen LogP) is 5.51. The predicted molar refractivity (Wildman–Crippen MR) is 146 cm³/mol. The second-order valence-electron chi connectivity index (χ2n) is 9.29. The van der Waals surface area contributed by atoms with E-state index in [-0.39, 0.29) is 6.10 Å². The number of hydrogen-bond donors (Lipinski definition) is 0. The third kappa shape index (κ3) is 4.76. The SMILES string of the molecule is N#Cc1cc(-c2ccnc3c2cc(C2=CCOCC2)n3S(=O)c2ccccc2)ccc1OC1CCOCC1. The largest absolute Gasteiger partial charge is 0.489 e. The highest BCUT2D eigenvalue weighted by Crippen LogP contribution is 2.36. The van der Waals surface area contributed by atoms with Crippen LogP contribution in [-0.2, 0) is 20.5 Å². The molecule has 8 heteroatoms. The lowest BCUT2D eigenvalue weighted by molar-refractivity contribution is 0.0254. The third-order valence-corrected chi connectivity index (χ3v) is 8.31. The van der Waals surface area contributed by atoms with Crippen molar-refractivity contribution < 1.29 is 18.4 Å². The molecule has 192 valence electrons. The fourth-order valence-corrected chi connectivity index (χ4v) is 6.23. The first kappa shape index (κ1) is 24.6. The van der Waals surface area contributed by atoms with Crippen LogP contribution in [0.25, 0.3) is 27.7 Å². The smallest absolute Gasteiger partial charge is 0.158 e. The van der Waals surface area contributed by atoms with Gasteiger partial charge in [-0.15, -0.1) is 0 Å². The molecule has 0 radical (unpaired) electrons. The molecule has 2 aromatic heterocycles. The fraction of sp³-hybridized carbons (Fsp3) is 0.267. The van der Waals surface area contributed by atoms with Crippen molar-refractivity contribution in [1.29, 1.82) is 5.26 Å². The molecule has 1 fully saturated rings. The van der Waals surface area contributed by atoms with Crippen molar-refractivity contribution in [2.75, 3.05) is 26.4 Å². The molecule has 0 spiro atoms. The maximum Gasteiger partial charge on any atom is 0.158 e. The zero-order valence-electron chi connectivity index (χ0n) is 20.8. The van der Waals surface area contributed by atoms with Crippen molar-refractivity contribution in [3.8, 4) is 22.9 Å². The van der Waals surface area contributed by atoms with E-state index < -0.39 is 11.0 Å². The van der Waals surface area contributed by atoms with Gasteiger partial charge < -0.3 is 14.2 Å². The quantitative estimate of drug-likeness (QED) is 0.330. The molecule has 0 saturated carbocycles. The Balaban J connectivity index is 1.46. The second-order valence-corrected chi connectivity index (χ2v) is 10.6. The molecule has 0 aliphatic carbocycles. The Hall–Kier alpha value is -3.77. The molecule has 0 amide bonds. The fourth-order valence-electron chi connectivity index (χ4n) is 4.98. The Bertz CT molecular complexity index is 1570. The lowest BCUT2D eigenvalue weighted by atomic mass is 10.0. The molecule has 0 bridgehead atoms. The standard InChI is InChI=1S/C30H27N3O4S/c31-20-23-18-22(6-7-29(23)37-24-11-16-36-17-12-24)26-8-13-32-30-27(26)19-28(21-9-14-35-15-10-21)33(30)38(34)25-4-2-1-3-5-25/h1-9,13,18-19,24H,10-12,14-17H2. The van der Waals surface area contributed by atoms with Gasteiger partial charge in [0, 0.05) is 24.4 Å². The van der Waals surface area contributed by atoms with Gasteiger partial charge in [0.15, 0.2) is 16.6 Å². The minimum atomic E-state index is -1.49. The zero-order valence-corrected chi connectivity index (χ0v) is 21.7. The Kier molecular flexibility index (Phi) is 7.06. The minimum Gasteiger partial charge on any atom is -0.489 e. The van der Waals surface area contributed by atoms with E-state index in [1.54, 1.807) is 6.20 Å². The van der Waals surface area contributed by atoms with Crippen molar-refractivity contribution >= 4 is 27.6 Å². The van der Waals surface area contributed by atoms with Crippen molar-refractivity contribution in [2.24, 2.45) is 0 Å². The molecule has 6 rings (SSSR count). The van der Waals surface area contributed by atoms with Crippen LogP contribution in [-0.4, -0.2) is 45.7 Å². The second kappa shape index (κ2) is 10.9. The van der Waals surface area contributed by atoms with E-state index in [4.69, 9.17) is 14.2 Å². The molecule has 0 N–H and O–H groups in total. The van der Waals surface area contributed by atoms with E-state index in [2.05, 4.69) is 17.1 Å². The Labute approximate surface area is 223 Å². The molecule has 1 unspecified atom stereocenters. The maximum atomic E-state index is 13.9. The summed E-state index contributed by atoms with van der Waals surface area (Å²) >= 11 is 0. The number of hydrogen-bond acceptors (Lipinski definition) is 6. The van der Waals surface area contributed by atoms with Gasteiger partial charge in [-0.3, -0.25) is 0 Å². The molecule has 1 atom stereocenters. The van der Waals surface area contributed by atoms with Crippen LogP contribution in [0, 0.1) is 11.3 Å². The zero-order chi connectivity index (χ0) is 25.9. The lowest BCUT2D eigenvalue weighted by Crippen LogP contribution is -2.26. The van der Waals surface area contributed by atoms with Crippen molar-refractivity contribution in [3.05, 3.63) is 84.2 Å². The van der Waals surface area contributed by atoms with E-state index in [1.165, 1.54) is 0 Å². The molecule has 2 aliphatic heterocycles. The van der Waals surface area contributed by atoms with Crippen LogP contribution in [0.1, 0.15) is 30.5 Å². The molecule has 1 saturated heterocycles. The van der Waals surface area contributed by atoms with Crippen molar-refractivity contribution in [3.63, 3.8) is 0 Å². The van der Waals surface area contributed by atoms with Crippen molar-refractivity contribution in [1.82, 2.24) is 8.96 Å². The molecule has 38 heavy (non-hydrogen) atoms. The molecular formula is C30H27N3O4S. The number of rotatable bonds is 6. The summed E-state index contributed by atoms with van der Waals surface area (Å²) in [6.45, 7) is 2.48. The highest BCUT2D eigenvalue weighted by Gasteiger charge is 2.23. The average molecular weight is 526 g/mol. The number of fused-ring (bicyclic) bond motifs is 1.